The van der Waals surface area contributed by atoms with Crippen molar-refractivity contribution in [3.05, 3.63) is 34.3 Å². The Morgan fingerprint density at radius 2 is 1.95 bits per heavy atom. The summed E-state index contributed by atoms with van der Waals surface area (Å²) in [5, 5.41) is 2.78. The van der Waals surface area contributed by atoms with Crippen LogP contribution >= 0.6 is 11.6 Å². The van der Waals surface area contributed by atoms with Crippen LogP contribution < -0.4 is 5.32 Å². The van der Waals surface area contributed by atoms with Gasteiger partial charge in [-0.1, -0.05) is 17.7 Å². The molecule has 0 spiro atoms. The van der Waals surface area contributed by atoms with Gasteiger partial charge in [0.1, 0.15) is 0 Å². The lowest BCUT2D eigenvalue weighted by molar-refractivity contribution is -0.134. The van der Waals surface area contributed by atoms with Crippen LogP contribution in [0.15, 0.2) is 18.2 Å². The molecule has 1 N–H and O–H groups in total. The van der Waals surface area contributed by atoms with Crippen LogP contribution in [-0.2, 0) is 15.0 Å². The summed E-state index contributed by atoms with van der Waals surface area (Å²) >= 11 is 5.89. The fraction of sp³-hybridized carbons (Fsp3) is 0.357. The van der Waals surface area contributed by atoms with Crippen LogP contribution in [0.2, 0.25) is 5.02 Å². The summed E-state index contributed by atoms with van der Waals surface area (Å²) in [6, 6.07) is 4.83. The van der Waals surface area contributed by atoms with Crippen molar-refractivity contribution in [1.82, 2.24) is 5.32 Å². The summed E-state index contributed by atoms with van der Waals surface area (Å²) in [5.74, 6) is -2.73. The number of hydrogen-bond donors (Lipinski definition) is 1. The third-order valence-electron chi connectivity index (χ3n) is 3.57. The summed E-state index contributed by atoms with van der Waals surface area (Å²) in [5.41, 5.74) is 0.0862. The number of halogens is 1. The first-order valence-electron chi connectivity index (χ1n) is 5.91. The molecule has 100 valence electrons. The first kappa shape index (κ1) is 13.7. The third-order valence-corrected chi connectivity index (χ3v) is 3.80. The van der Waals surface area contributed by atoms with Gasteiger partial charge in [-0.25, -0.2) is 0 Å². The van der Waals surface area contributed by atoms with Gasteiger partial charge in [-0.15, -0.1) is 0 Å². The molecule has 0 saturated carbocycles. The molecule has 1 atom stereocenters. The topological polar surface area (TPSA) is 63.2 Å². The van der Waals surface area contributed by atoms with E-state index >= 15 is 0 Å². The fourth-order valence-electron chi connectivity index (χ4n) is 2.42. The highest BCUT2D eigenvalue weighted by Crippen LogP contribution is 2.38. The predicted molar refractivity (Wildman–Crippen MR) is 71.4 cm³/mol. The Balaban J connectivity index is 2.68. The van der Waals surface area contributed by atoms with Crippen LogP contribution in [-0.4, -0.2) is 24.5 Å². The molecule has 0 aromatic heterocycles. The number of benzene rings is 1. The number of nitrogens with one attached hydrogen (secondary N) is 1. The van der Waals surface area contributed by atoms with Crippen molar-refractivity contribution in [3.63, 3.8) is 0 Å². The molecule has 1 unspecified atom stereocenters. The van der Waals surface area contributed by atoms with Crippen molar-refractivity contribution in [2.75, 3.05) is 7.05 Å². The molecule has 2 rings (SSSR count). The lowest BCUT2D eigenvalue weighted by Crippen LogP contribution is -2.50. The van der Waals surface area contributed by atoms with Gasteiger partial charge in [0, 0.05) is 17.6 Å². The van der Waals surface area contributed by atoms with E-state index in [9.17, 15) is 14.4 Å². The Labute approximate surface area is 116 Å². The monoisotopic (exact) mass is 279 g/mol. The first-order valence-corrected chi connectivity index (χ1v) is 6.28. The van der Waals surface area contributed by atoms with Gasteiger partial charge in [0.05, 0.1) is 5.41 Å². The number of carbonyl (C=O) groups is 3. The van der Waals surface area contributed by atoms with Crippen molar-refractivity contribution < 1.29 is 14.4 Å². The number of ketones is 2. The molecule has 0 heterocycles. The van der Waals surface area contributed by atoms with Gasteiger partial charge >= 0.3 is 0 Å². The SMILES string of the molecule is CNC(=O)C1C(=O)c2cc(Cl)ccc2C(C)(C)C1=O. The molecule has 1 amide bonds. The van der Waals surface area contributed by atoms with E-state index in [0.717, 1.165) is 0 Å². The van der Waals surface area contributed by atoms with Gasteiger partial charge in [-0.2, -0.15) is 0 Å². The van der Waals surface area contributed by atoms with Crippen LogP contribution in [0.3, 0.4) is 0 Å². The standard InChI is InChI=1S/C14H14ClNO3/c1-14(2)9-5-4-7(15)6-8(9)11(17)10(12(14)18)13(19)16-3/h4-6,10H,1-3H3,(H,16,19). The van der Waals surface area contributed by atoms with Crippen LogP contribution in [0.1, 0.15) is 29.8 Å². The Kier molecular flexibility index (Phi) is 3.22. The maximum Gasteiger partial charge on any atom is 0.238 e. The Morgan fingerprint density at radius 1 is 1.32 bits per heavy atom. The minimum absolute atomic E-state index is 0.353. The lowest BCUT2D eigenvalue weighted by atomic mass is 9.66. The van der Waals surface area contributed by atoms with Crippen LogP contribution in [0, 0.1) is 5.92 Å². The van der Waals surface area contributed by atoms with Crippen molar-refractivity contribution in [2.24, 2.45) is 5.92 Å². The summed E-state index contributed by atoms with van der Waals surface area (Å²) in [7, 11) is 1.41. The van der Waals surface area contributed by atoms with E-state index in [-0.39, 0.29) is 5.78 Å². The molecule has 19 heavy (non-hydrogen) atoms. The number of rotatable bonds is 1. The molecule has 0 fully saturated rings. The van der Waals surface area contributed by atoms with Gasteiger partial charge in [0.15, 0.2) is 17.5 Å². The normalized spacial score (nSPS) is 20.9. The molecule has 1 aromatic rings. The van der Waals surface area contributed by atoms with Crippen molar-refractivity contribution in [1.29, 1.82) is 0 Å². The zero-order chi connectivity index (χ0) is 14.4. The zero-order valence-corrected chi connectivity index (χ0v) is 11.7. The van der Waals surface area contributed by atoms with Crippen molar-refractivity contribution >= 4 is 29.1 Å². The van der Waals surface area contributed by atoms with E-state index < -0.39 is 23.0 Å². The molecule has 1 aliphatic rings. The summed E-state index contributed by atoms with van der Waals surface area (Å²) in [6.07, 6.45) is 0. The van der Waals surface area contributed by atoms with Gasteiger partial charge in [-0.3, -0.25) is 14.4 Å². The van der Waals surface area contributed by atoms with Crippen LogP contribution in [0.5, 0.6) is 0 Å². The van der Waals surface area contributed by atoms with Crippen molar-refractivity contribution in [3.8, 4) is 0 Å². The van der Waals surface area contributed by atoms with Gasteiger partial charge in [-0.05, 0) is 31.5 Å². The Morgan fingerprint density at radius 3 is 2.53 bits per heavy atom. The summed E-state index contributed by atoms with van der Waals surface area (Å²) in [6.45, 7) is 3.43. The van der Waals surface area contributed by atoms with E-state index in [0.29, 0.717) is 16.1 Å². The molecule has 4 nitrogen and oxygen atoms in total. The smallest absolute Gasteiger partial charge is 0.238 e. The highest BCUT2D eigenvalue weighted by atomic mass is 35.5. The fourth-order valence-corrected chi connectivity index (χ4v) is 2.59. The largest absolute Gasteiger partial charge is 0.358 e. The second-order valence-electron chi connectivity index (χ2n) is 5.09. The number of amides is 1. The van der Waals surface area contributed by atoms with Crippen LogP contribution in [0.25, 0.3) is 0 Å². The first-order chi connectivity index (χ1) is 8.80. The third kappa shape index (κ3) is 1.96. The van der Waals surface area contributed by atoms with Crippen molar-refractivity contribution in [2.45, 2.75) is 19.3 Å². The van der Waals surface area contributed by atoms with E-state index in [1.807, 2.05) is 0 Å². The minimum atomic E-state index is -1.29. The maximum atomic E-state index is 12.4. The maximum absolute atomic E-state index is 12.4. The molecular weight excluding hydrogens is 266 g/mol. The van der Waals surface area contributed by atoms with Crippen LogP contribution in [0.4, 0.5) is 0 Å². The second kappa shape index (κ2) is 4.46. The molecule has 0 bridgehead atoms. The molecular formula is C14H14ClNO3. The number of hydrogen-bond acceptors (Lipinski definition) is 3. The molecule has 0 radical (unpaired) electrons. The molecule has 0 saturated heterocycles. The molecule has 1 aromatic carbocycles. The highest BCUT2D eigenvalue weighted by Gasteiger charge is 2.49. The lowest BCUT2D eigenvalue weighted by Gasteiger charge is -2.34. The summed E-state index contributed by atoms with van der Waals surface area (Å²) < 4.78 is 0. The van der Waals surface area contributed by atoms with E-state index in [2.05, 4.69) is 5.32 Å². The average molecular weight is 280 g/mol. The highest BCUT2D eigenvalue weighted by molar-refractivity contribution is 6.33. The second-order valence-corrected chi connectivity index (χ2v) is 5.53. The van der Waals surface area contributed by atoms with E-state index in [1.165, 1.54) is 13.1 Å². The molecule has 0 aliphatic heterocycles. The van der Waals surface area contributed by atoms with Gasteiger partial charge < -0.3 is 5.32 Å². The quantitative estimate of drug-likeness (QED) is 0.797. The number of fused-ring (bicyclic) bond motifs is 1. The number of Topliss-reactive ketones (excluding diaryl/α,β-unsaturated/α-hetero) is 2. The van der Waals surface area contributed by atoms with E-state index in [1.54, 1.807) is 26.0 Å². The molecule has 5 heteroatoms. The minimum Gasteiger partial charge on any atom is -0.358 e. The Hall–Kier alpha value is -1.68. The predicted octanol–water partition coefficient (Wildman–Crippen LogP) is 1.75. The number of carbonyl (C=O) groups excluding carboxylic acids is 3. The van der Waals surface area contributed by atoms with Gasteiger partial charge in [0.25, 0.3) is 0 Å². The van der Waals surface area contributed by atoms with Gasteiger partial charge in [0.2, 0.25) is 5.91 Å². The van der Waals surface area contributed by atoms with E-state index in [4.69, 9.17) is 11.6 Å². The zero-order valence-electron chi connectivity index (χ0n) is 10.9. The average Bonchev–Trinajstić information content (AvgIpc) is 2.36. The summed E-state index contributed by atoms with van der Waals surface area (Å²) in [4.78, 5) is 36.5. The Bertz CT molecular complexity index is 592. The molecule has 1 aliphatic carbocycles.